The Bertz CT molecular complexity index is 1690. The summed E-state index contributed by atoms with van der Waals surface area (Å²) in [6.45, 7) is 14.1. The molecule has 0 fully saturated rings. The molecule has 0 aromatic heterocycles. The monoisotopic (exact) mass is 841 g/mol. The van der Waals surface area contributed by atoms with E-state index in [0.29, 0.717) is 48.5 Å². The average molecular weight is 842 g/mol. The molecular formula is C40H46BF12NP2. The summed E-state index contributed by atoms with van der Waals surface area (Å²) in [6.07, 6.45) is -14.1. The van der Waals surface area contributed by atoms with Gasteiger partial charge >= 0.3 is 24.7 Å². The summed E-state index contributed by atoms with van der Waals surface area (Å²) in [5, 5.41) is 0. The molecule has 1 nitrogen and oxygen atoms in total. The van der Waals surface area contributed by atoms with Gasteiger partial charge in [0.05, 0.1) is 22.3 Å². The molecule has 0 amide bonds. The second-order valence-electron chi connectivity index (χ2n) is 13.5. The predicted molar refractivity (Wildman–Crippen MR) is 209 cm³/mol. The number of halogens is 12. The lowest BCUT2D eigenvalue weighted by Crippen LogP contribution is -2.74. The number of alkyl halides is 12. The van der Waals surface area contributed by atoms with Crippen molar-refractivity contribution < 1.29 is 52.7 Å². The van der Waals surface area contributed by atoms with E-state index in [1.54, 1.807) is 0 Å². The van der Waals surface area contributed by atoms with E-state index in [9.17, 15) is 52.7 Å². The molecule has 0 spiro atoms. The van der Waals surface area contributed by atoms with Gasteiger partial charge in [-0.05, 0) is 0 Å². The maximum absolute atomic E-state index is 13.3. The molecule has 4 aromatic rings. The van der Waals surface area contributed by atoms with Gasteiger partial charge < -0.3 is 0 Å². The molecule has 0 N–H and O–H groups in total. The van der Waals surface area contributed by atoms with E-state index in [-0.39, 0.29) is 21.9 Å². The Hall–Kier alpha value is -3.33. The summed E-state index contributed by atoms with van der Waals surface area (Å²) in [5.74, 6) is 0. The molecule has 0 atom stereocenters. The average Bonchev–Trinajstić information content (AvgIpc) is 3.16. The van der Waals surface area contributed by atoms with Crippen LogP contribution >= 0.6 is 14.1 Å². The van der Waals surface area contributed by atoms with E-state index in [1.807, 2.05) is 0 Å². The fourth-order valence-electron chi connectivity index (χ4n) is 7.12. The molecule has 0 aliphatic heterocycles. The lowest BCUT2D eigenvalue weighted by atomic mass is 9.13. The van der Waals surface area contributed by atoms with Crippen molar-refractivity contribution in [2.75, 3.05) is 37.0 Å². The summed E-state index contributed by atoms with van der Waals surface area (Å²) < 4.78 is 166. The Morgan fingerprint density at radius 2 is 0.500 bits per heavy atom. The molecule has 0 aliphatic carbocycles. The number of benzene rings is 4. The predicted octanol–water partition coefficient (Wildman–Crippen LogP) is 11.7. The van der Waals surface area contributed by atoms with E-state index < -0.39 is 67.2 Å². The Morgan fingerprint density at radius 1 is 0.339 bits per heavy atom. The van der Waals surface area contributed by atoms with Crippen molar-refractivity contribution >= 4 is 42.1 Å². The van der Waals surface area contributed by atoms with Gasteiger partial charge in [-0.25, -0.2) is 0 Å². The van der Waals surface area contributed by atoms with Gasteiger partial charge in [0.25, 0.3) is 0 Å². The van der Waals surface area contributed by atoms with Crippen molar-refractivity contribution in [1.29, 1.82) is 0 Å². The SMILES string of the molecule is CCP(CC)(CC)=[N+]=P(CC)(CC)CC.FC(F)(F)c1ccc([B-](c2ccc(C(F)(F)F)cc2)(c2ccc(C(F)(F)F)cc2)c2ccc(C(F)(F)F)cc2)cc1. The maximum atomic E-state index is 13.3. The second-order valence-corrected chi connectivity index (χ2v) is 22.4. The summed E-state index contributed by atoms with van der Waals surface area (Å²) in [6, 6.07) is 13.6. The van der Waals surface area contributed by atoms with Crippen LogP contribution in [0.4, 0.5) is 52.7 Å². The zero-order valence-electron chi connectivity index (χ0n) is 31.9. The van der Waals surface area contributed by atoms with Crippen molar-refractivity contribution in [1.82, 2.24) is 4.17 Å². The van der Waals surface area contributed by atoms with Crippen molar-refractivity contribution in [3.8, 4) is 0 Å². The number of rotatable bonds is 10. The number of hydrogen-bond acceptors (Lipinski definition) is 0. The summed E-state index contributed by atoms with van der Waals surface area (Å²) >= 11 is 0. The normalized spacial score (nSPS) is 13.2. The third-order valence-corrected chi connectivity index (χ3v) is 21.0. The first kappa shape index (κ1) is 47.1. The van der Waals surface area contributed by atoms with Gasteiger partial charge in [-0.15, -0.1) is 0 Å². The topological polar surface area (TPSA) is 14.1 Å². The molecule has 0 unspecified atom stereocenters. The third-order valence-electron chi connectivity index (χ3n) is 10.9. The number of hydrogen-bond donors (Lipinski definition) is 0. The zero-order chi connectivity index (χ0) is 42.4. The van der Waals surface area contributed by atoms with Gasteiger partial charge in [0.2, 0.25) is 14.1 Å². The van der Waals surface area contributed by atoms with Gasteiger partial charge in [0.15, 0.2) is 0 Å². The molecule has 0 saturated heterocycles. The van der Waals surface area contributed by atoms with Gasteiger partial charge in [-0.1, -0.05) is 139 Å². The highest BCUT2D eigenvalue weighted by Crippen LogP contribution is 2.52. The molecule has 0 bridgehead atoms. The minimum Gasteiger partial charge on any atom is -0.195 e. The van der Waals surface area contributed by atoms with Crippen molar-refractivity contribution in [3.63, 3.8) is 0 Å². The highest BCUT2D eigenvalue weighted by molar-refractivity contribution is 7.73. The molecule has 16 heteroatoms. The molecule has 0 saturated carbocycles. The standard InChI is InChI=1S/C28H16BF12.C12H30NP2/c30-25(31,32)17-1-9-21(10-2-17)29(22-11-3-18(4-12-22)26(33,34)35,23-13-5-19(6-14-23)27(36,37)38)24-15-7-20(8-16-24)28(39,40)41;1-7-14(8-2,9-3)13-15(10-4,11-5)12-6/h1-16H;7-12H2,1-6H3/q-1;+1. The first-order chi connectivity index (χ1) is 25.9. The first-order valence-electron chi connectivity index (χ1n) is 18.2. The smallest absolute Gasteiger partial charge is 0.195 e. The van der Waals surface area contributed by atoms with Crippen LogP contribution in [0.15, 0.2) is 97.1 Å². The molecule has 4 rings (SSSR count). The van der Waals surface area contributed by atoms with Gasteiger partial charge in [-0.3, -0.25) is 0 Å². The van der Waals surface area contributed by atoms with Crippen LogP contribution in [0.3, 0.4) is 0 Å². The van der Waals surface area contributed by atoms with Crippen LogP contribution in [-0.2, 0) is 24.7 Å². The fraction of sp³-hybridized carbons (Fsp3) is 0.400. The highest BCUT2D eigenvalue weighted by atomic mass is 31.2. The third kappa shape index (κ3) is 10.6. The van der Waals surface area contributed by atoms with Gasteiger partial charge in [0.1, 0.15) is 6.15 Å². The van der Waals surface area contributed by atoms with Crippen LogP contribution < -0.4 is 26.0 Å². The second kappa shape index (κ2) is 18.1. The van der Waals surface area contributed by atoms with Crippen LogP contribution in [0, 0.1) is 0 Å². The number of nitrogens with zero attached hydrogens (tertiary/aromatic N) is 1. The molecule has 0 heterocycles. The van der Waals surface area contributed by atoms with Crippen molar-refractivity contribution in [2.24, 2.45) is 0 Å². The molecular weight excluding hydrogens is 795 g/mol. The van der Waals surface area contributed by atoms with E-state index in [0.717, 1.165) is 48.5 Å². The van der Waals surface area contributed by atoms with Crippen LogP contribution in [0.5, 0.6) is 0 Å². The maximum Gasteiger partial charge on any atom is 0.416 e. The summed E-state index contributed by atoms with van der Waals surface area (Å²) in [5.41, 5.74) is -4.29. The quantitative estimate of drug-likeness (QED) is 0.0654. The molecule has 56 heavy (non-hydrogen) atoms. The lowest BCUT2D eigenvalue weighted by Gasteiger charge is -2.44. The van der Waals surface area contributed by atoms with E-state index >= 15 is 0 Å². The van der Waals surface area contributed by atoms with Gasteiger partial charge in [0, 0.05) is 37.0 Å². The Morgan fingerprint density at radius 3 is 0.625 bits per heavy atom. The lowest BCUT2D eigenvalue weighted by molar-refractivity contribution is -0.138. The van der Waals surface area contributed by atoms with E-state index in [2.05, 4.69) is 41.5 Å². The first-order valence-corrected chi connectivity index (χ1v) is 22.8. The van der Waals surface area contributed by atoms with Crippen LogP contribution in [0.1, 0.15) is 63.8 Å². The fourth-order valence-corrected chi connectivity index (χ4v) is 16.1. The van der Waals surface area contributed by atoms with Crippen molar-refractivity contribution in [2.45, 2.75) is 66.2 Å². The van der Waals surface area contributed by atoms with Crippen molar-refractivity contribution in [3.05, 3.63) is 119 Å². The Balaban J connectivity index is 0.000000475. The minimum absolute atomic E-state index is 0.0114. The molecule has 0 aliphatic rings. The van der Waals surface area contributed by atoms with Gasteiger partial charge in [-0.2, -0.15) is 78.7 Å². The van der Waals surface area contributed by atoms with E-state index in [4.69, 9.17) is 4.17 Å². The Kier molecular flexibility index (Phi) is 15.2. The summed E-state index contributed by atoms with van der Waals surface area (Å²) in [7, 11) is -1.87. The van der Waals surface area contributed by atoms with E-state index in [1.165, 1.54) is 37.0 Å². The van der Waals surface area contributed by atoms with Crippen LogP contribution in [0.2, 0.25) is 0 Å². The highest BCUT2D eigenvalue weighted by Gasteiger charge is 2.38. The summed E-state index contributed by atoms with van der Waals surface area (Å²) in [4.78, 5) is 0. The largest absolute Gasteiger partial charge is 0.416 e. The molecule has 308 valence electrons. The minimum atomic E-state index is -4.77. The van der Waals surface area contributed by atoms with Crippen LogP contribution in [-0.4, -0.2) is 43.1 Å². The molecule has 0 radical (unpaired) electrons. The van der Waals surface area contributed by atoms with Crippen LogP contribution in [0.25, 0.3) is 0 Å². The Labute approximate surface area is 321 Å². The molecule has 4 aromatic carbocycles. The zero-order valence-corrected chi connectivity index (χ0v) is 33.7.